The summed E-state index contributed by atoms with van der Waals surface area (Å²) in [5.74, 6) is 0.748. The number of pyridine rings is 1. The van der Waals surface area contributed by atoms with Gasteiger partial charge in [-0.05, 0) is 36.4 Å². The predicted octanol–water partition coefficient (Wildman–Crippen LogP) is 4.77. The van der Waals surface area contributed by atoms with Crippen LogP contribution in [0.25, 0.3) is 11.3 Å². The molecule has 3 heterocycles. The van der Waals surface area contributed by atoms with E-state index in [4.69, 9.17) is 9.47 Å². The van der Waals surface area contributed by atoms with Crippen molar-refractivity contribution in [3.63, 3.8) is 0 Å². The summed E-state index contributed by atoms with van der Waals surface area (Å²) < 4.78 is 26.9. The number of benzene rings is 2. The zero-order valence-corrected chi connectivity index (χ0v) is 15.8. The Balaban J connectivity index is 1.44. The van der Waals surface area contributed by atoms with Crippen molar-refractivity contribution in [1.29, 1.82) is 0 Å². The summed E-state index contributed by atoms with van der Waals surface area (Å²) in [6.45, 7) is 0. The maximum absolute atomic E-state index is 13.5. The largest absolute Gasteiger partial charge is 0.457 e. The molecule has 0 unspecified atom stereocenters. The Morgan fingerprint density at radius 2 is 1.93 bits per heavy atom. The van der Waals surface area contributed by atoms with E-state index in [0.717, 1.165) is 5.56 Å². The van der Waals surface area contributed by atoms with Crippen molar-refractivity contribution in [1.82, 2.24) is 14.8 Å². The van der Waals surface area contributed by atoms with Crippen molar-refractivity contribution in [2.45, 2.75) is 0 Å². The van der Waals surface area contributed by atoms with Crippen LogP contribution in [0.4, 0.5) is 10.1 Å². The van der Waals surface area contributed by atoms with Crippen LogP contribution < -0.4 is 14.8 Å². The highest BCUT2D eigenvalue weighted by atomic mass is 19.1. The Kier molecular flexibility index (Phi) is 4.17. The van der Waals surface area contributed by atoms with Gasteiger partial charge >= 0.3 is 0 Å². The molecule has 1 aliphatic rings. The predicted molar refractivity (Wildman–Crippen MR) is 107 cm³/mol. The lowest BCUT2D eigenvalue weighted by Crippen LogP contribution is -2.10. The second-order valence-corrected chi connectivity index (χ2v) is 6.74. The van der Waals surface area contributed by atoms with Gasteiger partial charge in [-0.2, -0.15) is 5.10 Å². The molecule has 2 aromatic carbocycles. The number of rotatable bonds is 3. The Morgan fingerprint density at radius 1 is 1.07 bits per heavy atom. The van der Waals surface area contributed by atoms with Crippen molar-refractivity contribution in [2.75, 3.05) is 5.32 Å². The highest BCUT2D eigenvalue weighted by molar-refractivity contribution is 6.08. The number of anilines is 1. The lowest BCUT2D eigenvalue weighted by Gasteiger charge is -2.10. The van der Waals surface area contributed by atoms with Crippen LogP contribution in [-0.4, -0.2) is 20.7 Å². The lowest BCUT2D eigenvalue weighted by molar-refractivity contribution is 0.102. The van der Waals surface area contributed by atoms with E-state index in [2.05, 4.69) is 15.4 Å². The second-order valence-electron chi connectivity index (χ2n) is 6.74. The standard InChI is InChI=1S/C22H15FN4O3/c1-27-12-13(11-25-27)19-10-16(6-7-24-19)29-15-3-5-20-17(9-15)22(28)26-18-4-2-14(23)8-21(18)30-20/h2-12H,1H3,(H,26,28). The Labute approximate surface area is 170 Å². The van der Waals surface area contributed by atoms with E-state index in [1.165, 1.54) is 18.2 Å². The number of nitrogens with zero attached hydrogens (tertiary/aromatic N) is 3. The fraction of sp³-hybridized carbons (Fsp3) is 0.0455. The normalized spacial score (nSPS) is 12.3. The van der Waals surface area contributed by atoms with E-state index in [1.54, 1.807) is 47.4 Å². The quantitative estimate of drug-likeness (QED) is 0.534. The van der Waals surface area contributed by atoms with E-state index in [1.807, 2.05) is 13.2 Å². The monoisotopic (exact) mass is 402 g/mol. The van der Waals surface area contributed by atoms with Gasteiger partial charge in [-0.15, -0.1) is 0 Å². The van der Waals surface area contributed by atoms with Gasteiger partial charge in [0.05, 0.1) is 23.1 Å². The summed E-state index contributed by atoms with van der Waals surface area (Å²) in [6, 6.07) is 12.3. The molecule has 5 rings (SSSR count). The number of halogens is 1. The van der Waals surface area contributed by atoms with Gasteiger partial charge in [0.1, 0.15) is 23.1 Å². The molecule has 0 spiro atoms. The summed E-state index contributed by atoms with van der Waals surface area (Å²) in [5.41, 5.74) is 2.26. The number of carbonyl (C=O) groups excluding carboxylic acids is 1. The molecule has 148 valence electrons. The molecule has 1 amide bonds. The SMILES string of the molecule is Cn1cc(-c2cc(Oc3ccc4c(c3)C(=O)Nc3ccc(F)cc3O4)ccn2)cn1. The third-order valence-corrected chi connectivity index (χ3v) is 4.58. The minimum Gasteiger partial charge on any atom is -0.457 e. The summed E-state index contributed by atoms with van der Waals surface area (Å²) >= 11 is 0. The van der Waals surface area contributed by atoms with Gasteiger partial charge in [-0.25, -0.2) is 4.39 Å². The van der Waals surface area contributed by atoms with Gasteiger partial charge in [0.25, 0.3) is 5.91 Å². The van der Waals surface area contributed by atoms with Gasteiger partial charge in [-0.3, -0.25) is 14.5 Å². The lowest BCUT2D eigenvalue weighted by atomic mass is 10.1. The molecular weight excluding hydrogens is 387 g/mol. The Hall–Kier alpha value is -4.20. The van der Waals surface area contributed by atoms with Gasteiger partial charge in [0.2, 0.25) is 0 Å². The average Bonchev–Trinajstić information content (AvgIpc) is 3.12. The van der Waals surface area contributed by atoms with Gasteiger partial charge < -0.3 is 14.8 Å². The summed E-state index contributed by atoms with van der Waals surface area (Å²) in [4.78, 5) is 17.0. The molecule has 30 heavy (non-hydrogen) atoms. The molecule has 0 fully saturated rings. The highest BCUT2D eigenvalue weighted by Gasteiger charge is 2.22. The van der Waals surface area contributed by atoms with Gasteiger partial charge in [0.15, 0.2) is 5.75 Å². The molecule has 0 aliphatic carbocycles. The Morgan fingerprint density at radius 3 is 2.77 bits per heavy atom. The smallest absolute Gasteiger partial charge is 0.259 e. The van der Waals surface area contributed by atoms with Crippen molar-refractivity contribution in [3.05, 3.63) is 78.5 Å². The number of aromatic nitrogens is 3. The van der Waals surface area contributed by atoms with E-state index < -0.39 is 5.82 Å². The molecule has 8 heteroatoms. The van der Waals surface area contributed by atoms with E-state index in [-0.39, 0.29) is 17.2 Å². The number of hydrogen-bond donors (Lipinski definition) is 1. The maximum Gasteiger partial charge on any atom is 0.259 e. The summed E-state index contributed by atoms with van der Waals surface area (Å²) in [7, 11) is 1.83. The fourth-order valence-corrected chi connectivity index (χ4v) is 3.15. The molecule has 0 bridgehead atoms. The zero-order valence-electron chi connectivity index (χ0n) is 15.8. The fourth-order valence-electron chi connectivity index (χ4n) is 3.15. The average molecular weight is 402 g/mol. The molecule has 1 N–H and O–H groups in total. The van der Waals surface area contributed by atoms with Crippen LogP contribution in [0.2, 0.25) is 0 Å². The van der Waals surface area contributed by atoms with Crippen molar-refractivity contribution in [2.24, 2.45) is 7.05 Å². The molecule has 1 aliphatic heterocycles. The number of hydrogen-bond acceptors (Lipinski definition) is 5. The second kappa shape index (κ2) is 7.00. The van der Waals surface area contributed by atoms with Crippen LogP contribution in [0.5, 0.6) is 23.0 Å². The molecule has 0 saturated heterocycles. The number of fused-ring (bicyclic) bond motifs is 2. The first kappa shape index (κ1) is 17.9. The third-order valence-electron chi connectivity index (χ3n) is 4.58. The van der Waals surface area contributed by atoms with E-state index in [0.29, 0.717) is 28.6 Å². The molecule has 0 radical (unpaired) electrons. The van der Waals surface area contributed by atoms with Crippen LogP contribution in [0.15, 0.2) is 67.1 Å². The Bertz CT molecular complexity index is 1290. The van der Waals surface area contributed by atoms with Gasteiger partial charge in [0, 0.05) is 37.1 Å². The minimum absolute atomic E-state index is 0.242. The minimum atomic E-state index is -0.450. The third kappa shape index (κ3) is 3.35. The molecule has 0 saturated carbocycles. The number of aryl methyl sites for hydroxylation is 1. The number of amides is 1. The number of nitrogens with one attached hydrogen (secondary N) is 1. The first-order chi connectivity index (χ1) is 14.5. The van der Waals surface area contributed by atoms with Crippen molar-refractivity contribution >= 4 is 11.6 Å². The van der Waals surface area contributed by atoms with E-state index >= 15 is 0 Å². The molecule has 7 nitrogen and oxygen atoms in total. The van der Waals surface area contributed by atoms with Crippen LogP contribution >= 0.6 is 0 Å². The van der Waals surface area contributed by atoms with Crippen molar-refractivity contribution in [3.8, 4) is 34.3 Å². The van der Waals surface area contributed by atoms with Crippen molar-refractivity contribution < 1.29 is 18.7 Å². The molecule has 0 atom stereocenters. The van der Waals surface area contributed by atoms with Crippen LogP contribution in [0.3, 0.4) is 0 Å². The molecular formula is C22H15FN4O3. The maximum atomic E-state index is 13.5. The number of ether oxygens (including phenoxy) is 2. The number of carbonyl (C=O) groups is 1. The van der Waals surface area contributed by atoms with Crippen LogP contribution in [0.1, 0.15) is 10.4 Å². The van der Waals surface area contributed by atoms with Gasteiger partial charge in [-0.1, -0.05) is 0 Å². The molecule has 2 aromatic heterocycles. The van der Waals surface area contributed by atoms with E-state index in [9.17, 15) is 9.18 Å². The van der Waals surface area contributed by atoms with Crippen LogP contribution in [0, 0.1) is 5.82 Å². The summed E-state index contributed by atoms with van der Waals surface area (Å²) in [5, 5.41) is 6.87. The highest BCUT2D eigenvalue weighted by Crippen LogP contribution is 2.38. The first-order valence-electron chi connectivity index (χ1n) is 9.11. The van der Waals surface area contributed by atoms with Crippen LogP contribution in [-0.2, 0) is 7.05 Å². The zero-order chi connectivity index (χ0) is 20.7. The topological polar surface area (TPSA) is 78.3 Å². The summed E-state index contributed by atoms with van der Waals surface area (Å²) in [6.07, 6.45) is 5.22. The first-order valence-corrected chi connectivity index (χ1v) is 9.11. The molecule has 4 aromatic rings.